The van der Waals surface area contributed by atoms with Gasteiger partial charge in [-0.2, -0.15) is 0 Å². The van der Waals surface area contributed by atoms with Gasteiger partial charge in [-0.15, -0.1) is 0 Å². The van der Waals surface area contributed by atoms with Gasteiger partial charge in [0.1, 0.15) is 6.04 Å². The van der Waals surface area contributed by atoms with E-state index >= 15 is 0 Å². The third-order valence-electron chi connectivity index (χ3n) is 2.92. The number of carbonyl (C=O) groups excluding carboxylic acids is 1. The van der Waals surface area contributed by atoms with Crippen LogP contribution in [-0.4, -0.2) is 43.2 Å². The summed E-state index contributed by atoms with van der Waals surface area (Å²) in [5.41, 5.74) is 5.65. The Morgan fingerprint density at radius 1 is 1.71 bits per heavy atom. The molecule has 1 saturated heterocycles. The molecular weight excluding hydrogens is 180 g/mol. The van der Waals surface area contributed by atoms with Gasteiger partial charge >= 0.3 is 5.97 Å². The highest BCUT2D eigenvalue weighted by molar-refractivity contribution is 5.75. The molecule has 1 aliphatic heterocycles. The summed E-state index contributed by atoms with van der Waals surface area (Å²) < 4.78 is 4.57. The summed E-state index contributed by atoms with van der Waals surface area (Å²) in [6, 6.07) is 0.174. The number of hydrogen-bond acceptors (Lipinski definition) is 4. The third-order valence-corrected chi connectivity index (χ3v) is 2.92. The number of methoxy groups -OCH3 is 1. The number of hydrogen-bond donors (Lipinski definition) is 1. The van der Waals surface area contributed by atoms with Crippen molar-refractivity contribution in [3.63, 3.8) is 0 Å². The van der Waals surface area contributed by atoms with Crippen molar-refractivity contribution in [3.8, 4) is 0 Å². The highest BCUT2D eigenvalue weighted by atomic mass is 16.5. The van der Waals surface area contributed by atoms with E-state index in [0.717, 1.165) is 13.1 Å². The van der Waals surface area contributed by atoms with E-state index < -0.39 is 6.04 Å². The Balaban J connectivity index is 2.22. The Morgan fingerprint density at radius 2 is 2.43 bits per heavy atom. The van der Waals surface area contributed by atoms with Crippen molar-refractivity contribution >= 4 is 5.97 Å². The average Bonchev–Trinajstić information content (AvgIpc) is 2.59. The van der Waals surface area contributed by atoms with Gasteiger partial charge in [0, 0.05) is 12.6 Å². The van der Waals surface area contributed by atoms with Crippen LogP contribution in [0.3, 0.4) is 0 Å². The monoisotopic (exact) mass is 200 g/mol. The first-order valence-corrected chi connectivity index (χ1v) is 5.22. The predicted octanol–water partition coefficient (Wildman–Crippen LogP) is 0.361. The molecule has 4 heteroatoms. The number of likely N-dealkylation sites (tertiary alicyclic amines) is 1. The summed E-state index contributed by atoms with van der Waals surface area (Å²) in [6.45, 7) is 4.25. The van der Waals surface area contributed by atoms with Crippen molar-refractivity contribution < 1.29 is 9.53 Å². The average molecular weight is 200 g/mol. The molecule has 1 fully saturated rings. The maximum atomic E-state index is 11.0. The van der Waals surface area contributed by atoms with Crippen LogP contribution in [0.4, 0.5) is 0 Å². The summed E-state index contributed by atoms with van der Waals surface area (Å²) in [7, 11) is 1.38. The molecule has 2 unspecified atom stereocenters. The Hall–Kier alpha value is -0.610. The van der Waals surface area contributed by atoms with Crippen LogP contribution < -0.4 is 5.73 Å². The van der Waals surface area contributed by atoms with Crippen LogP contribution in [0, 0.1) is 0 Å². The first-order valence-electron chi connectivity index (χ1n) is 5.22. The lowest BCUT2D eigenvalue weighted by Crippen LogP contribution is -2.37. The van der Waals surface area contributed by atoms with Crippen molar-refractivity contribution in [1.29, 1.82) is 0 Å². The number of rotatable bonds is 4. The van der Waals surface area contributed by atoms with Gasteiger partial charge in [0.2, 0.25) is 0 Å². The maximum absolute atomic E-state index is 11.0. The normalized spacial score (nSPS) is 24.9. The quantitative estimate of drug-likeness (QED) is 0.666. The van der Waals surface area contributed by atoms with Crippen LogP contribution in [0.25, 0.3) is 0 Å². The number of nitrogens with two attached hydrogens (primary N) is 1. The van der Waals surface area contributed by atoms with Gasteiger partial charge in [0.15, 0.2) is 0 Å². The smallest absolute Gasteiger partial charge is 0.322 e. The van der Waals surface area contributed by atoms with E-state index in [2.05, 4.69) is 16.6 Å². The van der Waals surface area contributed by atoms with Crippen molar-refractivity contribution in [2.24, 2.45) is 5.73 Å². The summed E-state index contributed by atoms with van der Waals surface area (Å²) in [5, 5.41) is 0. The fraction of sp³-hybridized carbons (Fsp3) is 0.900. The standard InChI is InChI=1S/C10H20N2O2/c1-8-4-3-6-12(8)7-5-9(11)10(13)14-2/h8-9H,3-7,11H2,1-2H3. The zero-order chi connectivity index (χ0) is 10.6. The summed E-state index contributed by atoms with van der Waals surface area (Å²) in [5.74, 6) is -0.308. The lowest BCUT2D eigenvalue weighted by molar-refractivity contribution is -0.142. The molecule has 2 atom stereocenters. The van der Waals surface area contributed by atoms with Crippen molar-refractivity contribution in [1.82, 2.24) is 4.90 Å². The molecule has 4 nitrogen and oxygen atoms in total. The van der Waals surface area contributed by atoms with Gasteiger partial charge in [-0.1, -0.05) is 0 Å². The predicted molar refractivity (Wildman–Crippen MR) is 54.9 cm³/mol. The van der Waals surface area contributed by atoms with Crippen LogP contribution in [0.15, 0.2) is 0 Å². The SMILES string of the molecule is COC(=O)C(N)CCN1CCCC1C. The molecule has 0 amide bonds. The molecule has 0 aromatic heterocycles. The molecule has 1 aliphatic rings. The second-order valence-corrected chi connectivity index (χ2v) is 3.95. The van der Waals surface area contributed by atoms with Gasteiger partial charge in [-0.25, -0.2) is 0 Å². The largest absolute Gasteiger partial charge is 0.468 e. The number of carbonyl (C=O) groups is 1. The molecule has 1 heterocycles. The highest BCUT2D eigenvalue weighted by Crippen LogP contribution is 2.16. The number of nitrogens with zero attached hydrogens (tertiary/aromatic N) is 1. The second-order valence-electron chi connectivity index (χ2n) is 3.95. The molecule has 2 N–H and O–H groups in total. The first-order chi connectivity index (χ1) is 6.65. The zero-order valence-corrected chi connectivity index (χ0v) is 9.03. The van der Waals surface area contributed by atoms with E-state index in [1.807, 2.05) is 0 Å². The Kier molecular flexibility index (Phi) is 4.35. The van der Waals surface area contributed by atoms with E-state index in [0.29, 0.717) is 12.5 Å². The van der Waals surface area contributed by atoms with Gasteiger partial charge < -0.3 is 15.4 Å². The topological polar surface area (TPSA) is 55.6 Å². The van der Waals surface area contributed by atoms with Gasteiger partial charge in [0.05, 0.1) is 7.11 Å². The van der Waals surface area contributed by atoms with Crippen molar-refractivity contribution in [2.45, 2.75) is 38.3 Å². The summed E-state index contributed by atoms with van der Waals surface area (Å²) in [6.07, 6.45) is 3.21. The van der Waals surface area contributed by atoms with E-state index in [1.165, 1.54) is 20.0 Å². The lowest BCUT2D eigenvalue weighted by Gasteiger charge is -2.21. The van der Waals surface area contributed by atoms with Gasteiger partial charge in [-0.05, 0) is 32.7 Å². The second kappa shape index (κ2) is 5.32. The molecule has 0 saturated carbocycles. The zero-order valence-electron chi connectivity index (χ0n) is 9.03. The van der Waals surface area contributed by atoms with Gasteiger partial charge in [0.25, 0.3) is 0 Å². The Bertz CT molecular complexity index is 197. The molecule has 1 rings (SSSR count). The molecule has 0 aromatic carbocycles. The summed E-state index contributed by atoms with van der Waals surface area (Å²) >= 11 is 0. The Labute approximate surface area is 85.4 Å². The number of esters is 1. The van der Waals surface area contributed by atoms with Crippen LogP contribution in [0.2, 0.25) is 0 Å². The molecule has 0 aliphatic carbocycles. The lowest BCUT2D eigenvalue weighted by atomic mass is 10.2. The third kappa shape index (κ3) is 2.96. The highest BCUT2D eigenvalue weighted by Gasteiger charge is 2.22. The van der Waals surface area contributed by atoms with E-state index in [4.69, 9.17) is 5.73 Å². The molecule has 82 valence electrons. The minimum atomic E-state index is -0.465. The van der Waals surface area contributed by atoms with Gasteiger partial charge in [-0.3, -0.25) is 4.79 Å². The van der Waals surface area contributed by atoms with Crippen molar-refractivity contribution in [3.05, 3.63) is 0 Å². The van der Waals surface area contributed by atoms with Crippen LogP contribution in [0.1, 0.15) is 26.2 Å². The maximum Gasteiger partial charge on any atom is 0.322 e. The van der Waals surface area contributed by atoms with E-state index in [1.54, 1.807) is 0 Å². The van der Waals surface area contributed by atoms with Crippen LogP contribution >= 0.6 is 0 Å². The summed E-state index contributed by atoms with van der Waals surface area (Å²) in [4.78, 5) is 13.4. The molecule has 0 radical (unpaired) electrons. The Morgan fingerprint density at radius 3 is 2.93 bits per heavy atom. The van der Waals surface area contributed by atoms with Crippen LogP contribution in [-0.2, 0) is 9.53 Å². The molecule has 14 heavy (non-hydrogen) atoms. The number of ether oxygens (including phenoxy) is 1. The first kappa shape index (κ1) is 11.5. The fourth-order valence-corrected chi connectivity index (χ4v) is 1.90. The fourth-order valence-electron chi connectivity index (χ4n) is 1.90. The minimum absolute atomic E-state index is 0.308. The minimum Gasteiger partial charge on any atom is -0.468 e. The van der Waals surface area contributed by atoms with Crippen LogP contribution in [0.5, 0.6) is 0 Å². The van der Waals surface area contributed by atoms with Crippen molar-refractivity contribution in [2.75, 3.05) is 20.2 Å². The molecule has 0 aromatic rings. The van der Waals surface area contributed by atoms with E-state index in [9.17, 15) is 4.79 Å². The van der Waals surface area contributed by atoms with E-state index in [-0.39, 0.29) is 5.97 Å². The molecular formula is C10H20N2O2. The molecule has 0 spiro atoms. The molecule has 0 bridgehead atoms.